The second-order valence-electron chi connectivity index (χ2n) is 6.85. The van der Waals surface area contributed by atoms with E-state index in [-0.39, 0.29) is 17.8 Å². The second-order valence-corrected chi connectivity index (χ2v) is 7.80. The van der Waals surface area contributed by atoms with E-state index in [1.54, 1.807) is 25.3 Å². The smallest absolute Gasteiger partial charge is 0.234 e. The summed E-state index contributed by atoms with van der Waals surface area (Å²) < 4.78 is 13.2. The molecule has 1 heterocycles. The Labute approximate surface area is 186 Å². The van der Waals surface area contributed by atoms with Crippen molar-refractivity contribution in [1.82, 2.24) is 14.8 Å². The number of nitrogens with zero attached hydrogens (tertiary/aromatic N) is 3. The first-order chi connectivity index (χ1) is 15.0. The van der Waals surface area contributed by atoms with Crippen LogP contribution in [0.5, 0.6) is 11.5 Å². The zero-order valence-electron chi connectivity index (χ0n) is 17.9. The van der Waals surface area contributed by atoms with E-state index in [9.17, 15) is 4.79 Å². The fourth-order valence-electron chi connectivity index (χ4n) is 3.02. The highest BCUT2D eigenvalue weighted by Gasteiger charge is 2.20. The Balaban J connectivity index is 1.68. The van der Waals surface area contributed by atoms with Crippen LogP contribution in [0.2, 0.25) is 0 Å². The van der Waals surface area contributed by atoms with Crippen LogP contribution in [0.1, 0.15) is 24.4 Å². The maximum absolute atomic E-state index is 12.4. The normalized spacial score (nSPS) is 11.6. The molecule has 1 atom stereocenters. The predicted octanol–water partition coefficient (Wildman–Crippen LogP) is 4.65. The molecule has 1 aromatic heterocycles. The van der Waals surface area contributed by atoms with E-state index >= 15 is 0 Å². The fourth-order valence-corrected chi connectivity index (χ4v) is 3.77. The average Bonchev–Trinajstić information content (AvgIpc) is 3.16. The topological polar surface area (TPSA) is 78.3 Å². The molecule has 1 amide bonds. The lowest BCUT2D eigenvalue weighted by Gasteiger charge is -2.16. The highest BCUT2D eigenvalue weighted by atomic mass is 32.2. The van der Waals surface area contributed by atoms with Gasteiger partial charge in [0.2, 0.25) is 5.91 Å². The molecule has 1 N–H and O–H groups in total. The van der Waals surface area contributed by atoms with Crippen molar-refractivity contribution in [3.63, 3.8) is 0 Å². The van der Waals surface area contributed by atoms with Crippen molar-refractivity contribution < 1.29 is 14.3 Å². The van der Waals surface area contributed by atoms with Crippen LogP contribution in [0.15, 0.2) is 66.3 Å². The van der Waals surface area contributed by atoms with Gasteiger partial charge in [0.05, 0.1) is 18.6 Å². The summed E-state index contributed by atoms with van der Waals surface area (Å²) in [6, 6.07) is 15.1. The van der Waals surface area contributed by atoms with Crippen molar-refractivity contribution in [3.8, 4) is 11.5 Å². The summed E-state index contributed by atoms with van der Waals surface area (Å²) >= 11 is 1.31. The molecule has 1 unspecified atom stereocenters. The summed E-state index contributed by atoms with van der Waals surface area (Å²) in [4.78, 5) is 12.4. The van der Waals surface area contributed by atoms with Crippen molar-refractivity contribution in [2.45, 2.75) is 31.7 Å². The first-order valence-corrected chi connectivity index (χ1v) is 10.8. The SMILES string of the molecule is C=CCn1c(SCC(=O)Nc2ccccc2OC)nnc1C(C)Oc1cccc(C)c1. The number of rotatable bonds is 10. The minimum atomic E-state index is -0.314. The molecule has 3 aromatic rings. The van der Waals surface area contributed by atoms with Gasteiger partial charge in [-0.25, -0.2) is 0 Å². The van der Waals surface area contributed by atoms with Crippen LogP contribution >= 0.6 is 11.8 Å². The number of carbonyl (C=O) groups is 1. The van der Waals surface area contributed by atoms with Crippen molar-refractivity contribution in [3.05, 3.63) is 72.6 Å². The van der Waals surface area contributed by atoms with Crippen LogP contribution in [0, 0.1) is 6.92 Å². The van der Waals surface area contributed by atoms with Crippen molar-refractivity contribution in [2.75, 3.05) is 18.2 Å². The van der Waals surface area contributed by atoms with Gasteiger partial charge in [0.25, 0.3) is 0 Å². The van der Waals surface area contributed by atoms with Crippen LogP contribution in [-0.2, 0) is 11.3 Å². The van der Waals surface area contributed by atoms with Gasteiger partial charge < -0.3 is 14.8 Å². The van der Waals surface area contributed by atoms with E-state index in [0.29, 0.717) is 29.0 Å². The van der Waals surface area contributed by atoms with Crippen LogP contribution in [0.4, 0.5) is 5.69 Å². The highest BCUT2D eigenvalue weighted by Crippen LogP contribution is 2.26. The molecule has 0 fully saturated rings. The number of methoxy groups -OCH3 is 1. The number of amides is 1. The van der Waals surface area contributed by atoms with Gasteiger partial charge in [-0.2, -0.15) is 0 Å². The number of hydrogen-bond donors (Lipinski definition) is 1. The molecule has 31 heavy (non-hydrogen) atoms. The lowest BCUT2D eigenvalue weighted by atomic mass is 10.2. The monoisotopic (exact) mass is 438 g/mol. The number of thioether (sulfide) groups is 1. The molecule has 0 bridgehead atoms. The third-order valence-corrected chi connectivity index (χ3v) is 5.40. The maximum Gasteiger partial charge on any atom is 0.234 e. The number of nitrogens with one attached hydrogen (secondary N) is 1. The number of anilines is 1. The molecule has 0 radical (unpaired) electrons. The van der Waals surface area contributed by atoms with Gasteiger partial charge in [-0.3, -0.25) is 9.36 Å². The number of aryl methyl sites for hydroxylation is 1. The van der Waals surface area contributed by atoms with Gasteiger partial charge in [0.1, 0.15) is 11.5 Å². The predicted molar refractivity (Wildman–Crippen MR) is 123 cm³/mol. The first kappa shape index (κ1) is 22.4. The van der Waals surface area contributed by atoms with Crippen LogP contribution in [0.25, 0.3) is 0 Å². The molecule has 0 spiro atoms. The Morgan fingerprint density at radius 2 is 2.06 bits per heavy atom. The van der Waals surface area contributed by atoms with E-state index in [2.05, 4.69) is 22.1 Å². The van der Waals surface area contributed by atoms with Gasteiger partial charge >= 0.3 is 0 Å². The summed E-state index contributed by atoms with van der Waals surface area (Å²) in [5.41, 5.74) is 1.75. The lowest BCUT2D eigenvalue weighted by Crippen LogP contribution is -2.16. The second kappa shape index (κ2) is 10.7. The van der Waals surface area contributed by atoms with E-state index in [4.69, 9.17) is 9.47 Å². The fraction of sp³-hybridized carbons (Fsp3) is 0.261. The third kappa shape index (κ3) is 5.88. The average molecular weight is 439 g/mol. The summed E-state index contributed by atoms with van der Waals surface area (Å²) in [5, 5.41) is 12.1. The number of hydrogen-bond acceptors (Lipinski definition) is 6. The van der Waals surface area contributed by atoms with E-state index in [1.807, 2.05) is 54.8 Å². The maximum atomic E-state index is 12.4. The van der Waals surface area contributed by atoms with Crippen molar-refractivity contribution in [2.24, 2.45) is 0 Å². The van der Waals surface area contributed by atoms with Gasteiger partial charge in [0, 0.05) is 6.54 Å². The standard InChI is InChI=1S/C23H26N4O3S/c1-5-13-27-22(17(3)30-18-10-8-9-16(2)14-18)25-26-23(27)31-15-21(28)24-19-11-6-7-12-20(19)29-4/h5-12,14,17H,1,13,15H2,2-4H3,(H,24,28). The number of allylic oxidation sites excluding steroid dienone is 1. The third-order valence-electron chi connectivity index (χ3n) is 4.44. The van der Waals surface area contributed by atoms with Crippen LogP contribution in [-0.4, -0.2) is 33.5 Å². The first-order valence-electron chi connectivity index (χ1n) is 9.84. The van der Waals surface area contributed by atoms with Gasteiger partial charge in [-0.1, -0.05) is 42.1 Å². The zero-order valence-corrected chi connectivity index (χ0v) is 18.7. The number of ether oxygens (including phenoxy) is 2. The number of aromatic nitrogens is 3. The molecule has 162 valence electrons. The van der Waals surface area contributed by atoms with Crippen LogP contribution in [0.3, 0.4) is 0 Å². The molecule has 0 saturated carbocycles. The summed E-state index contributed by atoms with van der Waals surface area (Å²) in [5.74, 6) is 2.08. The summed E-state index contributed by atoms with van der Waals surface area (Å²) in [6.07, 6.45) is 1.46. The minimum Gasteiger partial charge on any atom is -0.495 e. The minimum absolute atomic E-state index is 0.159. The molecule has 0 aliphatic heterocycles. The number of carbonyl (C=O) groups excluding carboxylic acids is 1. The Morgan fingerprint density at radius 3 is 2.81 bits per heavy atom. The molecule has 0 aliphatic carbocycles. The lowest BCUT2D eigenvalue weighted by molar-refractivity contribution is -0.113. The largest absolute Gasteiger partial charge is 0.495 e. The van der Waals surface area contributed by atoms with Gasteiger partial charge in [0.15, 0.2) is 17.1 Å². The molecule has 3 rings (SSSR count). The van der Waals surface area contributed by atoms with Gasteiger partial charge in [-0.15, -0.1) is 16.8 Å². The quantitative estimate of drug-likeness (QED) is 0.367. The molecular formula is C23H26N4O3S. The van der Waals surface area contributed by atoms with Crippen LogP contribution < -0.4 is 14.8 Å². The molecule has 7 nitrogen and oxygen atoms in total. The molecular weight excluding hydrogens is 412 g/mol. The molecule has 0 aliphatic rings. The highest BCUT2D eigenvalue weighted by molar-refractivity contribution is 7.99. The number of para-hydroxylation sites is 2. The molecule has 2 aromatic carbocycles. The Kier molecular flexibility index (Phi) is 7.72. The Morgan fingerprint density at radius 1 is 1.26 bits per heavy atom. The number of benzene rings is 2. The van der Waals surface area contributed by atoms with E-state index < -0.39 is 0 Å². The summed E-state index contributed by atoms with van der Waals surface area (Å²) in [7, 11) is 1.57. The molecule has 8 heteroatoms. The van der Waals surface area contributed by atoms with Crippen molar-refractivity contribution in [1.29, 1.82) is 0 Å². The zero-order chi connectivity index (χ0) is 22.2. The van der Waals surface area contributed by atoms with Gasteiger partial charge in [-0.05, 0) is 43.7 Å². The molecule has 0 saturated heterocycles. The Bertz CT molecular complexity index is 1050. The Hall–Kier alpha value is -3.26. The van der Waals surface area contributed by atoms with E-state index in [1.165, 1.54) is 11.8 Å². The van der Waals surface area contributed by atoms with Crippen molar-refractivity contribution >= 4 is 23.4 Å². The summed E-state index contributed by atoms with van der Waals surface area (Å²) in [6.45, 7) is 8.28. The van der Waals surface area contributed by atoms with E-state index in [0.717, 1.165) is 11.3 Å².